The van der Waals surface area contributed by atoms with Crippen molar-refractivity contribution in [3.05, 3.63) is 64.3 Å². The fourth-order valence-electron chi connectivity index (χ4n) is 1.72. The highest BCUT2D eigenvalue weighted by Gasteiger charge is 2.10. The summed E-state index contributed by atoms with van der Waals surface area (Å²) in [5.41, 5.74) is -0.764. The maximum absolute atomic E-state index is 13.0. The first-order chi connectivity index (χ1) is 9.95. The number of halogens is 1. The second-order valence-electron chi connectivity index (χ2n) is 4.26. The van der Waals surface area contributed by atoms with E-state index in [0.29, 0.717) is 5.69 Å². The second-order valence-corrected chi connectivity index (χ2v) is 4.26. The Labute approximate surface area is 118 Å². The molecule has 6 nitrogen and oxygen atoms in total. The van der Waals surface area contributed by atoms with Crippen LogP contribution in [-0.4, -0.2) is 21.6 Å². The van der Waals surface area contributed by atoms with E-state index in [1.54, 1.807) is 0 Å². The lowest BCUT2D eigenvalue weighted by Crippen LogP contribution is -2.22. The minimum atomic E-state index is -1.36. The molecule has 1 aromatic carbocycles. The van der Waals surface area contributed by atoms with Crippen LogP contribution >= 0.6 is 0 Å². The van der Waals surface area contributed by atoms with E-state index in [1.807, 2.05) is 0 Å². The first-order valence-electron chi connectivity index (χ1n) is 5.94. The summed E-state index contributed by atoms with van der Waals surface area (Å²) in [6.07, 6.45) is 2.38. The van der Waals surface area contributed by atoms with Crippen LogP contribution in [0, 0.1) is 5.82 Å². The number of anilines is 1. The van der Waals surface area contributed by atoms with Crippen molar-refractivity contribution in [1.29, 1.82) is 0 Å². The molecule has 2 N–H and O–H groups in total. The van der Waals surface area contributed by atoms with E-state index < -0.39 is 28.7 Å². The smallest absolute Gasteiger partial charge is 0.341 e. The van der Waals surface area contributed by atoms with Gasteiger partial charge in [-0.2, -0.15) is 0 Å². The number of pyridine rings is 1. The lowest BCUT2D eigenvalue weighted by molar-refractivity contribution is -0.116. The molecule has 21 heavy (non-hydrogen) atoms. The number of rotatable bonds is 4. The van der Waals surface area contributed by atoms with E-state index in [-0.39, 0.29) is 6.54 Å². The van der Waals surface area contributed by atoms with Crippen LogP contribution in [0.15, 0.2) is 47.5 Å². The molecule has 2 aromatic rings. The van der Waals surface area contributed by atoms with E-state index in [0.717, 1.165) is 18.3 Å². The van der Waals surface area contributed by atoms with Crippen molar-refractivity contribution in [2.24, 2.45) is 0 Å². The molecule has 1 aromatic heterocycles. The Morgan fingerprint density at radius 3 is 2.71 bits per heavy atom. The van der Waals surface area contributed by atoms with Gasteiger partial charge < -0.3 is 15.0 Å². The summed E-state index contributed by atoms with van der Waals surface area (Å²) in [5, 5.41) is 11.3. The second kappa shape index (κ2) is 6.00. The molecule has 0 aliphatic heterocycles. The Morgan fingerprint density at radius 2 is 2.05 bits per heavy atom. The first-order valence-corrected chi connectivity index (χ1v) is 5.94. The van der Waals surface area contributed by atoms with Gasteiger partial charge in [0.05, 0.1) is 0 Å². The summed E-state index contributed by atoms with van der Waals surface area (Å²) in [6.45, 7) is -0.197. The average molecular weight is 290 g/mol. The maximum atomic E-state index is 13.0. The van der Waals surface area contributed by atoms with Gasteiger partial charge in [-0.15, -0.1) is 0 Å². The molecule has 1 heterocycles. The molecule has 0 aliphatic rings. The van der Waals surface area contributed by atoms with Gasteiger partial charge >= 0.3 is 5.97 Å². The van der Waals surface area contributed by atoms with Gasteiger partial charge in [0.1, 0.15) is 17.9 Å². The highest BCUT2D eigenvalue weighted by Crippen LogP contribution is 2.09. The topological polar surface area (TPSA) is 88.4 Å². The van der Waals surface area contributed by atoms with Crippen molar-refractivity contribution in [3.63, 3.8) is 0 Å². The number of benzene rings is 1. The van der Waals surface area contributed by atoms with Crippen LogP contribution in [0.3, 0.4) is 0 Å². The minimum Gasteiger partial charge on any atom is -0.477 e. The summed E-state index contributed by atoms with van der Waals surface area (Å²) in [5.74, 6) is -2.31. The van der Waals surface area contributed by atoms with Gasteiger partial charge in [-0.25, -0.2) is 9.18 Å². The summed E-state index contributed by atoms with van der Waals surface area (Å²) >= 11 is 0. The summed E-state index contributed by atoms with van der Waals surface area (Å²) < 4.78 is 14.2. The number of carboxylic acid groups (broad SMARTS) is 1. The molecule has 0 aliphatic carbocycles. The third kappa shape index (κ3) is 3.75. The van der Waals surface area contributed by atoms with Gasteiger partial charge in [-0.3, -0.25) is 9.59 Å². The van der Waals surface area contributed by atoms with Crippen molar-refractivity contribution in [2.45, 2.75) is 6.54 Å². The SMILES string of the molecule is O=C(Cn1ccc(=O)c(C(=O)O)c1)Nc1cccc(F)c1. The normalized spacial score (nSPS) is 10.1. The molecule has 1 amide bonds. The Bertz CT molecular complexity index is 755. The predicted octanol–water partition coefficient (Wildman–Crippen LogP) is 1.32. The number of nitrogens with one attached hydrogen (secondary N) is 1. The Morgan fingerprint density at radius 1 is 1.29 bits per heavy atom. The van der Waals surface area contributed by atoms with E-state index in [2.05, 4.69) is 5.32 Å². The van der Waals surface area contributed by atoms with Gasteiger partial charge in [0.15, 0.2) is 5.43 Å². The molecule has 108 valence electrons. The monoisotopic (exact) mass is 290 g/mol. The third-order valence-corrected chi connectivity index (χ3v) is 2.64. The van der Waals surface area contributed by atoms with Crippen molar-refractivity contribution in [3.8, 4) is 0 Å². The predicted molar refractivity (Wildman–Crippen MR) is 72.7 cm³/mol. The van der Waals surface area contributed by atoms with Gasteiger partial charge in [0.2, 0.25) is 5.91 Å². The Kier molecular flexibility index (Phi) is 4.13. The van der Waals surface area contributed by atoms with Gasteiger partial charge in [0, 0.05) is 24.1 Å². The number of carbonyl (C=O) groups excluding carboxylic acids is 1. The molecular weight excluding hydrogens is 279 g/mol. The van der Waals surface area contributed by atoms with Gasteiger partial charge in [-0.05, 0) is 18.2 Å². The van der Waals surface area contributed by atoms with E-state index in [1.165, 1.54) is 29.0 Å². The largest absolute Gasteiger partial charge is 0.477 e. The van der Waals surface area contributed by atoms with Crippen LogP contribution in [0.5, 0.6) is 0 Å². The zero-order valence-electron chi connectivity index (χ0n) is 10.7. The molecule has 0 bridgehead atoms. The number of hydrogen-bond acceptors (Lipinski definition) is 3. The van der Waals surface area contributed by atoms with Crippen molar-refractivity contribution < 1.29 is 19.1 Å². The molecule has 0 radical (unpaired) electrons. The van der Waals surface area contributed by atoms with Crippen LogP contribution in [0.25, 0.3) is 0 Å². The molecule has 0 spiro atoms. The lowest BCUT2D eigenvalue weighted by atomic mass is 10.2. The van der Waals surface area contributed by atoms with Crippen LogP contribution in [0.4, 0.5) is 10.1 Å². The maximum Gasteiger partial charge on any atom is 0.341 e. The zero-order chi connectivity index (χ0) is 15.4. The van der Waals surface area contributed by atoms with E-state index in [9.17, 15) is 18.8 Å². The number of amides is 1. The third-order valence-electron chi connectivity index (χ3n) is 2.64. The first kappa shape index (κ1) is 14.4. The fourth-order valence-corrected chi connectivity index (χ4v) is 1.72. The molecule has 0 atom stereocenters. The van der Waals surface area contributed by atoms with Crippen molar-refractivity contribution in [1.82, 2.24) is 4.57 Å². The van der Waals surface area contributed by atoms with Crippen LogP contribution in [0.2, 0.25) is 0 Å². The molecular formula is C14H11FN2O4. The van der Waals surface area contributed by atoms with E-state index in [4.69, 9.17) is 5.11 Å². The Balaban J connectivity index is 2.11. The molecule has 2 rings (SSSR count). The summed E-state index contributed by atoms with van der Waals surface area (Å²) in [6, 6.07) is 6.45. The zero-order valence-corrected chi connectivity index (χ0v) is 10.7. The number of carboxylic acids is 1. The number of hydrogen-bond donors (Lipinski definition) is 2. The molecule has 0 fully saturated rings. The average Bonchev–Trinajstić information content (AvgIpc) is 2.40. The number of carbonyl (C=O) groups is 2. The summed E-state index contributed by atoms with van der Waals surface area (Å²) in [7, 11) is 0. The lowest BCUT2D eigenvalue weighted by Gasteiger charge is -2.08. The summed E-state index contributed by atoms with van der Waals surface area (Å²) in [4.78, 5) is 33.9. The number of aromatic nitrogens is 1. The Hall–Kier alpha value is -2.96. The molecule has 7 heteroatoms. The number of nitrogens with zero attached hydrogens (tertiary/aromatic N) is 1. The molecule has 0 saturated carbocycles. The van der Waals surface area contributed by atoms with Crippen molar-refractivity contribution >= 4 is 17.6 Å². The molecule has 0 saturated heterocycles. The van der Waals surface area contributed by atoms with Crippen molar-refractivity contribution in [2.75, 3.05) is 5.32 Å². The van der Waals surface area contributed by atoms with E-state index >= 15 is 0 Å². The fraction of sp³-hybridized carbons (Fsp3) is 0.0714. The number of aromatic carboxylic acids is 1. The highest BCUT2D eigenvalue weighted by molar-refractivity contribution is 5.91. The molecule has 0 unspecified atom stereocenters. The minimum absolute atomic E-state index is 0.197. The van der Waals surface area contributed by atoms with Gasteiger partial charge in [-0.1, -0.05) is 6.07 Å². The highest BCUT2D eigenvalue weighted by atomic mass is 19.1. The van der Waals surface area contributed by atoms with Crippen LogP contribution in [0.1, 0.15) is 10.4 Å². The quantitative estimate of drug-likeness (QED) is 0.889. The van der Waals surface area contributed by atoms with Gasteiger partial charge in [0.25, 0.3) is 0 Å². The van der Waals surface area contributed by atoms with Crippen LogP contribution < -0.4 is 10.7 Å². The van der Waals surface area contributed by atoms with Crippen LogP contribution in [-0.2, 0) is 11.3 Å². The standard InChI is InChI=1S/C14H11FN2O4/c15-9-2-1-3-10(6-9)16-13(19)8-17-5-4-12(18)11(7-17)14(20)21/h1-7H,8H2,(H,16,19)(H,20,21).